The highest BCUT2D eigenvalue weighted by molar-refractivity contribution is 7.89. The molecule has 0 aliphatic carbocycles. The van der Waals surface area contributed by atoms with E-state index >= 15 is 0 Å². The molecule has 2 fully saturated rings. The number of nitrogens with one attached hydrogen (secondary N) is 1. The Balaban J connectivity index is 1.29. The van der Waals surface area contributed by atoms with E-state index in [1.165, 1.54) is 16.4 Å². The van der Waals surface area contributed by atoms with Crippen LogP contribution in [-0.4, -0.2) is 73.9 Å². The third-order valence-corrected chi connectivity index (χ3v) is 7.90. The minimum absolute atomic E-state index is 0.0662. The molecule has 0 bridgehead atoms. The van der Waals surface area contributed by atoms with Crippen molar-refractivity contribution in [2.24, 2.45) is 0 Å². The first-order valence-corrected chi connectivity index (χ1v) is 12.3. The molecule has 32 heavy (non-hydrogen) atoms. The minimum Gasteiger partial charge on any atom is -0.356 e. The van der Waals surface area contributed by atoms with Crippen LogP contribution in [0.25, 0.3) is 0 Å². The summed E-state index contributed by atoms with van der Waals surface area (Å²) in [7, 11) is -3.71. The number of anilines is 1. The van der Waals surface area contributed by atoms with Gasteiger partial charge < -0.3 is 15.1 Å². The predicted molar refractivity (Wildman–Crippen MR) is 119 cm³/mol. The molecule has 1 aromatic carbocycles. The van der Waals surface area contributed by atoms with Gasteiger partial charge in [0.05, 0.1) is 4.90 Å². The van der Waals surface area contributed by atoms with Crippen molar-refractivity contribution in [3.63, 3.8) is 0 Å². The number of aromatic nitrogens is 1. The van der Waals surface area contributed by atoms with Crippen molar-refractivity contribution < 1.29 is 17.6 Å². The van der Waals surface area contributed by atoms with Gasteiger partial charge in [0.25, 0.3) is 0 Å². The molecule has 2 amide bonds. The zero-order chi connectivity index (χ0) is 22.6. The van der Waals surface area contributed by atoms with E-state index in [9.17, 15) is 17.6 Å². The number of pyridine rings is 1. The van der Waals surface area contributed by atoms with Gasteiger partial charge in [-0.25, -0.2) is 22.6 Å². The lowest BCUT2D eigenvalue weighted by Crippen LogP contribution is -2.50. The van der Waals surface area contributed by atoms with Gasteiger partial charge in [0.15, 0.2) is 0 Å². The lowest BCUT2D eigenvalue weighted by molar-refractivity contribution is 0.194. The SMILES string of the molecule is O=C(NC1CCN(c2ccccn2)CC1)N1CCCN(S(=O)(=O)c2ccc(F)cc2)CC1. The molecule has 2 saturated heterocycles. The van der Waals surface area contributed by atoms with Gasteiger partial charge in [-0.2, -0.15) is 4.31 Å². The number of hydrogen-bond acceptors (Lipinski definition) is 5. The molecule has 2 aliphatic heterocycles. The molecule has 172 valence electrons. The second kappa shape index (κ2) is 9.83. The van der Waals surface area contributed by atoms with Crippen LogP contribution in [-0.2, 0) is 10.0 Å². The average Bonchev–Trinajstić information content (AvgIpc) is 3.08. The first-order chi connectivity index (χ1) is 15.4. The average molecular weight is 462 g/mol. The van der Waals surface area contributed by atoms with E-state index < -0.39 is 15.8 Å². The van der Waals surface area contributed by atoms with Crippen LogP contribution in [0, 0.1) is 5.82 Å². The van der Waals surface area contributed by atoms with Gasteiger partial charge in [-0.3, -0.25) is 0 Å². The largest absolute Gasteiger partial charge is 0.356 e. The number of urea groups is 1. The standard InChI is InChI=1S/C22H28FN5O3S/c23-18-5-7-20(8-6-18)32(30,31)28-13-3-12-27(16-17-28)22(29)25-19-9-14-26(15-10-19)21-4-1-2-11-24-21/h1-2,4-8,11,19H,3,9-10,12-17H2,(H,25,29). The summed E-state index contributed by atoms with van der Waals surface area (Å²) in [5.74, 6) is 0.473. The summed E-state index contributed by atoms with van der Waals surface area (Å²) in [6.45, 7) is 3.00. The summed E-state index contributed by atoms with van der Waals surface area (Å²) in [5, 5.41) is 3.11. The Morgan fingerprint density at radius 2 is 1.72 bits per heavy atom. The van der Waals surface area contributed by atoms with Crippen molar-refractivity contribution >= 4 is 21.9 Å². The first-order valence-electron chi connectivity index (χ1n) is 10.9. The van der Waals surface area contributed by atoms with Crippen molar-refractivity contribution in [1.82, 2.24) is 19.5 Å². The molecule has 0 radical (unpaired) electrons. The number of carbonyl (C=O) groups is 1. The molecule has 0 unspecified atom stereocenters. The molecule has 2 aromatic rings. The van der Waals surface area contributed by atoms with E-state index in [1.54, 1.807) is 11.1 Å². The molecular weight excluding hydrogens is 433 g/mol. The highest BCUT2D eigenvalue weighted by Gasteiger charge is 2.29. The van der Waals surface area contributed by atoms with E-state index in [0.717, 1.165) is 43.9 Å². The zero-order valence-electron chi connectivity index (χ0n) is 17.9. The van der Waals surface area contributed by atoms with Crippen LogP contribution >= 0.6 is 0 Å². The Bertz CT molecular complexity index is 1010. The summed E-state index contributed by atoms with van der Waals surface area (Å²) in [6, 6.07) is 10.6. The molecule has 2 aliphatic rings. The van der Waals surface area contributed by atoms with Crippen molar-refractivity contribution in [3.05, 3.63) is 54.5 Å². The van der Waals surface area contributed by atoms with Gasteiger partial charge in [-0.05, 0) is 55.7 Å². The zero-order valence-corrected chi connectivity index (χ0v) is 18.7. The van der Waals surface area contributed by atoms with Crippen LogP contribution in [0.4, 0.5) is 15.0 Å². The van der Waals surface area contributed by atoms with Crippen LogP contribution in [0.5, 0.6) is 0 Å². The Hall–Kier alpha value is -2.72. The fourth-order valence-electron chi connectivity index (χ4n) is 4.15. The molecular formula is C22H28FN5O3S. The number of nitrogens with zero attached hydrogens (tertiary/aromatic N) is 4. The van der Waals surface area contributed by atoms with E-state index in [0.29, 0.717) is 26.1 Å². The molecule has 3 heterocycles. The van der Waals surface area contributed by atoms with Crippen molar-refractivity contribution in [3.8, 4) is 0 Å². The molecule has 0 spiro atoms. The highest BCUT2D eigenvalue weighted by atomic mass is 32.2. The monoisotopic (exact) mass is 461 g/mol. The second-order valence-electron chi connectivity index (χ2n) is 8.10. The minimum atomic E-state index is -3.71. The quantitative estimate of drug-likeness (QED) is 0.755. The van der Waals surface area contributed by atoms with E-state index in [1.807, 2.05) is 18.2 Å². The summed E-state index contributed by atoms with van der Waals surface area (Å²) >= 11 is 0. The molecule has 0 saturated carbocycles. The number of carbonyl (C=O) groups excluding carboxylic acids is 1. The van der Waals surface area contributed by atoms with Crippen molar-refractivity contribution in [1.29, 1.82) is 0 Å². The maximum Gasteiger partial charge on any atom is 0.317 e. The van der Waals surface area contributed by atoms with Crippen molar-refractivity contribution in [2.75, 3.05) is 44.2 Å². The Morgan fingerprint density at radius 1 is 0.969 bits per heavy atom. The number of rotatable bonds is 4. The molecule has 4 rings (SSSR count). The Labute approximate surface area is 188 Å². The van der Waals surface area contributed by atoms with Gasteiger partial charge >= 0.3 is 6.03 Å². The molecule has 0 atom stereocenters. The Morgan fingerprint density at radius 3 is 2.41 bits per heavy atom. The van der Waals surface area contributed by atoms with Crippen LogP contribution in [0.2, 0.25) is 0 Å². The fraction of sp³-hybridized carbons (Fsp3) is 0.455. The lowest BCUT2D eigenvalue weighted by atomic mass is 10.1. The topological polar surface area (TPSA) is 85.8 Å². The smallest absolute Gasteiger partial charge is 0.317 e. The van der Waals surface area contributed by atoms with Crippen molar-refractivity contribution in [2.45, 2.75) is 30.2 Å². The van der Waals surface area contributed by atoms with Gasteiger partial charge in [-0.15, -0.1) is 0 Å². The van der Waals surface area contributed by atoms with Crippen LogP contribution in [0.3, 0.4) is 0 Å². The number of hydrogen-bond donors (Lipinski definition) is 1. The Kier molecular flexibility index (Phi) is 6.90. The van der Waals surface area contributed by atoms with Gasteiger partial charge in [0.1, 0.15) is 11.6 Å². The van der Waals surface area contributed by atoms with E-state index in [4.69, 9.17) is 0 Å². The maximum atomic E-state index is 13.2. The normalized spacial score (nSPS) is 18.9. The van der Waals surface area contributed by atoms with E-state index in [2.05, 4.69) is 15.2 Å². The number of amides is 2. The third-order valence-electron chi connectivity index (χ3n) is 5.99. The number of sulfonamides is 1. The van der Waals surface area contributed by atoms with E-state index in [-0.39, 0.29) is 23.5 Å². The molecule has 1 aromatic heterocycles. The van der Waals surface area contributed by atoms with Crippen LogP contribution in [0.15, 0.2) is 53.6 Å². The summed E-state index contributed by atoms with van der Waals surface area (Å²) < 4.78 is 40.3. The van der Waals surface area contributed by atoms with Crippen LogP contribution < -0.4 is 10.2 Å². The number of halogens is 1. The second-order valence-corrected chi connectivity index (χ2v) is 10.0. The maximum absolute atomic E-state index is 13.2. The highest BCUT2D eigenvalue weighted by Crippen LogP contribution is 2.20. The summed E-state index contributed by atoms with van der Waals surface area (Å²) in [5.41, 5.74) is 0. The first kappa shape index (κ1) is 22.5. The number of piperidine rings is 1. The summed E-state index contributed by atoms with van der Waals surface area (Å²) in [6.07, 6.45) is 4.00. The molecule has 10 heteroatoms. The lowest BCUT2D eigenvalue weighted by Gasteiger charge is -2.34. The molecule has 8 nitrogen and oxygen atoms in total. The summed E-state index contributed by atoms with van der Waals surface area (Å²) in [4.78, 5) is 21.2. The third kappa shape index (κ3) is 5.18. The fourth-order valence-corrected chi connectivity index (χ4v) is 5.62. The van der Waals surface area contributed by atoms with Gasteiger partial charge in [0, 0.05) is 51.5 Å². The predicted octanol–water partition coefficient (Wildman–Crippen LogP) is 2.30. The van der Waals surface area contributed by atoms with Crippen LogP contribution in [0.1, 0.15) is 19.3 Å². The van der Waals surface area contributed by atoms with Gasteiger partial charge in [0.2, 0.25) is 10.0 Å². The molecule has 1 N–H and O–H groups in total. The van der Waals surface area contributed by atoms with Gasteiger partial charge in [-0.1, -0.05) is 6.07 Å². The number of benzene rings is 1.